The first-order valence-corrected chi connectivity index (χ1v) is 7.79. The average molecular weight is 324 g/mol. The number of sulfonamides is 1. The highest BCUT2D eigenvalue weighted by molar-refractivity contribution is 7.89. The van der Waals surface area contributed by atoms with Gasteiger partial charge in [0.15, 0.2) is 0 Å². The molecular formula is C12H19ClFN3O2S. The maximum atomic E-state index is 13.0. The number of aromatic nitrogens is 1. The molecule has 1 fully saturated rings. The Hall–Kier alpha value is -0.760. The molecule has 1 aliphatic rings. The third-order valence-electron chi connectivity index (χ3n) is 3.45. The molecule has 20 heavy (non-hydrogen) atoms. The van der Waals surface area contributed by atoms with Crippen molar-refractivity contribution in [3.05, 3.63) is 24.3 Å². The van der Waals surface area contributed by atoms with E-state index in [1.54, 1.807) is 0 Å². The van der Waals surface area contributed by atoms with Crippen LogP contribution in [-0.2, 0) is 10.0 Å². The zero-order valence-corrected chi connectivity index (χ0v) is 12.6. The molecule has 1 aliphatic carbocycles. The maximum absolute atomic E-state index is 13.0. The average Bonchev–Trinajstić information content (AvgIpc) is 2.38. The Balaban J connectivity index is 0.00000200. The van der Waals surface area contributed by atoms with Crippen LogP contribution in [0.1, 0.15) is 32.1 Å². The van der Waals surface area contributed by atoms with Crippen molar-refractivity contribution in [2.24, 2.45) is 5.73 Å². The lowest BCUT2D eigenvalue weighted by Gasteiger charge is -2.33. The lowest BCUT2D eigenvalue weighted by Crippen LogP contribution is -2.51. The highest BCUT2D eigenvalue weighted by Gasteiger charge is 2.29. The van der Waals surface area contributed by atoms with Crippen LogP contribution in [0.3, 0.4) is 0 Å². The van der Waals surface area contributed by atoms with E-state index in [1.165, 1.54) is 0 Å². The fourth-order valence-corrected chi connectivity index (χ4v) is 3.41. The van der Waals surface area contributed by atoms with E-state index in [0.717, 1.165) is 50.6 Å². The Morgan fingerprint density at radius 2 is 1.95 bits per heavy atom. The van der Waals surface area contributed by atoms with Gasteiger partial charge < -0.3 is 5.73 Å². The molecule has 0 aliphatic heterocycles. The van der Waals surface area contributed by atoms with Gasteiger partial charge in [0.1, 0.15) is 10.7 Å². The number of nitrogens with one attached hydrogen (secondary N) is 1. The van der Waals surface area contributed by atoms with Gasteiger partial charge in [0.25, 0.3) is 0 Å². The van der Waals surface area contributed by atoms with Crippen LogP contribution in [0.5, 0.6) is 0 Å². The Labute approximate surface area is 124 Å². The van der Waals surface area contributed by atoms with Crippen molar-refractivity contribution in [1.82, 2.24) is 9.71 Å². The van der Waals surface area contributed by atoms with E-state index in [9.17, 15) is 12.8 Å². The molecule has 0 amide bonds. The smallest absolute Gasteiger partial charge is 0.242 e. The van der Waals surface area contributed by atoms with Crippen LogP contribution in [0.25, 0.3) is 0 Å². The number of nitrogens with two attached hydrogens (primary N) is 1. The second kappa shape index (κ2) is 6.80. The SMILES string of the molecule is Cl.NC1(CNS(=O)(=O)c2cncc(F)c2)CCCCC1. The minimum atomic E-state index is -3.75. The van der Waals surface area contributed by atoms with Gasteiger partial charge in [-0.2, -0.15) is 0 Å². The van der Waals surface area contributed by atoms with E-state index < -0.39 is 21.4 Å². The number of halogens is 2. The second-order valence-electron chi connectivity index (χ2n) is 5.09. The van der Waals surface area contributed by atoms with E-state index in [1.807, 2.05) is 0 Å². The summed E-state index contributed by atoms with van der Waals surface area (Å²) >= 11 is 0. The van der Waals surface area contributed by atoms with E-state index >= 15 is 0 Å². The van der Waals surface area contributed by atoms with E-state index in [0.29, 0.717) is 0 Å². The predicted octanol–water partition coefficient (Wildman–Crippen LogP) is 1.58. The van der Waals surface area contributed by atoms with E-state index in [-0.39, 0.29) is 23.8 Å². The van der Waals surface area contributed by atoms with Gasteiger partial charge in [-0.25, -0.2) is 17.5 Å². The number of rotatable bonds is 4. The first kappa shape index (κ1) is 17.3. The van der Waals surface area contributed by atoms with Gasteiger partial charge in [0.2, 0.25) is 10.0 Å². The topological polar surface area (TPSA) is 85.1 Å². The molecule has 1 heterocycles. The third kappa shape index (κ3) is 4.37. The summed E-state index contributed by atoms with van der Waals surface area (Å²) in [6.07, 6.45) is 6.85. The Morgan fingerprint density at radius 3 is 2.55 bits per heavy atom. The lowest BCUT2D eigenvalue weighted by atomic mass is 9.83. The summed E-state index contributed by atoms with van der Waals surface area (Å²) in [5.74, 6) is -0.678. The first-order chi connectivity index (χ1) is 8.91. The minimum Gasteiger partial charge on any atom is -0.324 e. The quantitative estimate of drug-likeness (QED) is 0.881. The summed E-state index contributed by atoms with van der Waals surface area (Å²) in [5.41, 5.74) is 5.66. The van der Waals surface area contributed by atoms with Gasteiger partial charge in [-0.15, -0.1) is 12.4 Å². The molecule has 5 nitrogen and oxygen atoms in total. The molecule has 0 radical (unpaired) electrons. The zero-order valence-electron chi connectivity index (χ0n) is 11.0. The van der Waals surface area contributed by atoms with Crippen LogP contribution in [0, 0.1) is 5.82 Å². The van der Waals surface area contributed by atoms with Crippen LogP contribution >= 0.6 is 12.4 Å². The van der Waals surface area contributed by atoms with Crippen molar-refractivity contribution in [2.75, 3.05) is 6.54 Å². The van der Waals surface area contributed by atoms with E-state index in [4.69, 9.17) is 5.73 Å². The molecule has 8 heteroatoms. The van der Waals surface area contributed by atoms with Crippen molar-refractivity contribution >= 4 is 22.4 Å². The number of hydrogen-bond acceptors (Lipinski definition) is 4. The van der Waals surface area contributed by atoms with Crippen LogP contribution in [0.2, 0.25) is 0 Å². The Kier molecular flexibility index (Phi) is 5.88. The maximum Gasteiger partial charge on any atom is 0.242 e. The summed E-state index contributed by atoms with van der Waals surface area (Å²) in [7, 11) is -3.75. The molecule has 0 spiro atoms. The summed E-state index contributed by atoms with van der Waals surface area (Å²) in [6.45, 7) is 0.172. The molecule has 114 valence electrons. The van der Waals surface area contributed by atoms with Gasteiger partial charge in [0, 0.05) is 18.3 Å². The molecule has 0 atom stereocenters. The van der Waals surface area contributed by atoms with E-state index in [2.05, 4.69) is 9.71 Å². The molecule has 0 bridgehead atoms. The van der Waals surface area contributed by atoms with Crippen molar-refractivity contribution < 1.29 is 12.8 Å². The van der Waals surface area contributed by atoms with Gasteiger partial charge in [0.05, 0.1) is 6.20 Å². The van der Waals surface area contributed by atoms with Crippen LogP contribution in [-0.4, -0.2) is 25.5 Å². The highest BCUT2D eigenvalue weighted by Crippen LogP contribution is 2.25. The van der Waals surface area contributed by atoms with Crippen molar-refractivity contribution in [3.8, 4) is 0 Å². The summed E-state index contributed by atoms with van der Waals surface area (Å²) < 4.78 is 39.4. The molecular weight excluding hydrogens is 305 g/mol. The minimum absolute atomic E-state index is 0. The highest BCUT2D eigenvalue weighted by atomic mass is 35.5. The Morgan fingerprint density at radius 1 is 1.30 bits per heavy atom. The van der Waals surface area contributed by atoms with Crippen molar-refractivity contribution in [2.45, 2.75) is 42.5 Å². The number of hydrogen-bond donors (Lipinski definition) is 2. The summed E-state index contributed by atoms with van der Waals surface area (Å²) in [5, 5.41) is 0. The zero-order chi connectivity index (χ0) is 13.9. The fraction of sp³-hybridized carbons (Fsp3) is 0.583. The third-order valence-corrected chi connectivity index (χ3v) is 4.82. The normalized spacial score (nSPS) is 18.3. The lowest BCUT2D eigenvalue weighted by molar-refractivity contribution is 0.296. The summed E-state index contributed by atoms with van der Waals surface area (Å²) in [4.78, 5) is 3.36. The molecule has 0 aromatic carbocycles. The molecule has 1 aromatic rings. The van der Waals surface area contributed by atoms with Crippen LogP contribution in [0.4, 0.5) is 4.39 Å². The molecule has 1 aromatic heterocycles. The van der Waals surface area contributed by atoms with Crippen LogP contribution < -0.4 is 10.5 Å². The largest absolute Gasteiger partial charge is 0.324 e. The number of nitrogens with zero attached hydrogens (tertiary/aromatic N) is 1. The molecule has 1 saturated carbocycles. The second-order valence-corrected chi connectivity index (χ2v) is 6.85. The first-order valence-electron chi connectivity index (χ1n) is 6.30. The van der Waals surface area contributed by atoms with Crippen LogP contribution in [0.15, 0.2) is 23.4 Å². The molecule has 0 unspecified atom stereocenters. The van der Waals surface area contributed by atoms with Crippen molar-refractivity contribution in [3.63, 3.8) is 0 Å². The predicted molar refractivity (Wildman–Crippen MR) is 76.6 cm³/mol. The molecule has 0 saturated heterocycles. The Bertz CT molecular complexity index is 547. The fourth-order valence-electron chi connectivity index (χ4n) is 2.29. The standard InChI is InChI=1S/C12H18FN3O2S.ClH/c13-10-6-11(8-15-7-10)19(17,18)16-9-12(14)4-2-1-3-5-12;/h6-8,16H,1-5,9,14H2;1H. The molecule has 3 N–H and O–H groups in total. The van der Waals surface area contributed by atoms with Gasteiger partial charge in [-0.3, -0.25) is 4.98 Å². The summed E-state index contributed by atoms with van der Waals surface area (Å²) in [6, 6.07) is 0.944. The van der Waals surface area contributed by atoms with Gasteiger partial charge >= 0.3 is 0 Å². The monoisotopic (exact) mass is 323 g/mol. The van der Waals surface area contributed by atoms with Crippen molar-refractivity contribution in [1.29, 1.82) is 0 Å². The van der Waals surface area contributed by atoms with Gasteiger partial charge in [-0.1, -0.05) is 19.3 Å². The molecule has 2 rings (SSSR count). The van der Waals surface area contributed by atoms with Gasteiger partial charge in [-0.05, 0) is 18.9 Å². The number of pyridine rings is 1.